The van der Waals surface area contributed by atoms with Crippen LogP contribution in [0.5, 0.6) is 0 Å². The highest BCUT2D eigenvalue weighted by Gasteiger charge is 2.50. The quantitative estimate of drug-likeness (QED) is 0.842. The minimum atomic E-state index is -0.856. The van der Waals surface area contributed by atoms with Gasteiger partial charge in [0.1, 0.15) is 0 Å². The molecule has 4 unspecified atom stereocenters. The number of carboxylic acids is 1. The molecule has 4 atom stereocenters. The molecule has 2 N–H and O–H groups in total. The SMILES string of the molecule is O=C(O)C1CC1C(=O)NC1CC1c1ccccc1. The van der Waals surface area contributed by atoms with Crippen LogP contribution in [0.3, 0.4) is 0 Å². The summed E-state index contributed by atoms with van der Waals surface area (Å²) in [5.74, 6) is -1.31. The Bertz CT molecular complexity index is 485. The van der Waals surface area contributed by atoms with Crippen molar-refractivity contribution >= 4 is 11.9 Å². The van der Waals surface area contributed by atoms with Crippen LogP contribution in [0, 0.1) is 11.8 Å². The van der Waals surface area contributed by atoms with Crippen LogP contribution in [0.1, 0.15) is 24.3 Å². The van der Waals surface area contributed by atoms with E-state index in [-0.39, 0.29) is 17.9 Å². The molecule has 2 aliphatic rings. The summed E-state index contributed by atoms with van der Waals surface area (Å²) in [4.78, 5) is 22.5. The highest BCUT2D eigenvalue weighted by Crippen LogP contribution is 2.43. The van der Waals surface area contributed by atoms with Crippen molar-refractivity contribution in [3.05, 3.63) is 35.9 Å². The molecule has 1 aromatic carbocycles. The molecule has 1 aromatic rings. The molecule has 3 rings (SSSR count). The first-order valence-corrected chi connectivity index (χ1v) is 6.25. The van der Waals surface area contributed by atoms with Gasteiger partial charge in [-0.1, -0.05) is 30.3 Å². The third-order valence-electron chi connectivity index (χ3n) is 3.79. The number of hydrogen-bond donors (Lipinski definition) is 2. The van der Waals surface area contributed by atoms with Crippen molar-refractivity contribution in [2.75, 3.05) is 0 Å². The molecule has 2 saturated carbocycles. The van der Waals surface area contributed by atoms with Crippen LogP contribution in [0.15, 0.2) is 30.3 Å². The summed E-state index contributed by atoms with van der Waals surface area (Å²) in [6.07, 6.45) is 1.45. The van der Waals surface area contributed by atoms with Gasteiger partial charge in [-0.3, -0.25) is 9.59 Å². The number of aliphatic carboxylic acids is 1. The minimum Gasteiger partial charge on any atom is -0.481 e. The van der Waals surface area contributed by atoms with E-state index in [1.165, 1.54) is 5.56 Å². The van der Waals surface area contributed by atoms with E-state index in [0.717, 1.165) is 6.42 Å². The van der Waals surface area contributed by atoms with Crippen molar-refractivity contribution in [3.8, 4) is 0 Å². The Labute approximate surface area is 105 Å². The molecule has 2 fully saturated rings. The molecule has 1 amide bonds. The number of hydrogen-bond acceptors (Lipinski definition) is 2. The van der Waals surface area contributed by atoms with Crippen molar-refractivity contribution in [1.29, 1.82) is 0 Å². The third kappa shape index (κ3) is 2.10. The van der Waals surface area contributed by atoms with Crippen molar-refractivity contribution in [2.45, 2.75) is 24.8 Å². The molecule has 0 radical (unpaired) electrons. The van der Waals surface area contributed by atoms with Crippen LogP contribution in [-0.4, -0.2) is 23.0 Å². The van der Waals surface area contributed by atoms with Crippen molar-refractivity contribution in [2.24, 2.45) is 11.8 Å². The van der Waals surface area contributed by atoms with Gasteiger partial charge in [0.05, 0.1) is 11.8 Å². The molecule has 0 aliphatic heterocycles. The fourth-order valence-corrected chi connectivity index (χ4v) is 2.47. The van der Waals surface area contributed by atoms with Gasteiger partial charge in [-0.2, -0.15) is 0 Å². The number of nitrogens with one attached hydrogen (secondary N) is 1. The Morgan fingerprint density at radius 1 is 1.11 bits per heavy atom. The Morgan fingerprint density at radius 2 is 1.83 bits per heavy atom. The molecule has 0 bridgehead atoms. The number of amides is 1. The molecule has 18 heavy (non-hydrogen) atoms. The zero-order valence-electron chi connectivity index (χ0n) is 9.87. The predicted molar refractivity (Wildman–Crippen MR) is 65.0 cm³/mol. The zero-order valence-corrected chi connectivity index (χ0v) is 9.87. The van der Waals surface area contributed by atoms with Gasteiger partial charge in [0.2, 0.25) is 5.91 Å². The number of carbonyl (C=O) groups is 2. The summed E-state index contributed by atoms with van der Waals surface area (Å²) in [6.45, 7) is 0. The van der Waals surface area contributed by atoms with Crippen molar-refractivity contribution < 1.29 is 14.7 Å². The first-order valence-electron chi connectivity index (χ1n) is 6.25. The lowest BCUT2D eigenvalue weighted by Gasteiger charge is -2.03. The van der Waals surface area contributed by atoms with Crippen LogP contribution in [0.4, 0.5) is 0 Å². The summed E-state index contributed by atoms with van der Waals surface area (Å²) >= 11 is 0. The van der Waals surface area contributed by atoms with Crippen LogP contribution in [0.25, 0.3) is 0 Å². The minimum absolute atomic E-state index is 0.0918. The van der Waals surface area contributed by atoms with Crippen LogP contribution in [-0.2, 0) is 9.59 Å². The van der Waals surface area contributed by atoms with Crippen LogP contribution >= 0.6 is 0 Å². The van der Waals surface area contributed by atoms with Crippen molar-refractivity contribution in [3.63, 3.8) is 0 Å². The Hall–Kier alpha value is -1.84. The van der Waals surface area contributed by atoms with Gasteiger partial charge in [-0.15, -0.1) is 0 Å². The van der Waals surface area contributed by atoms with E-state index in [9.17, 15) is 9.59 Å². The van der Waals surface area contributed by atoms with E-state index in [1.807, 2.05) is 18.2 Å². The predicted octanol–water partition coefficient (Wildman–Crippen LogP) is 1.38. The molecule has 0 spiro atoms. The highest BCUT2D eigenvalue weighted by atomic mass is 16.4. The van der Waals surface area contributed by atoms with Crippen molar-refractivity contribution in [1.82, 2.24) is 5.32 Å². The molecule has 4 nitrogen and oxygen atoms in total. The smallest absolute Gasteiger partial charge is 0.307 e. The average molecular weight is 245 g/mol. The Kier molecular flexibility index (Phi) is 2.58. The maximum atomic E-state index is 11.8. The van der Waals surface area contributed by atoms with E-state index in [2.05, 4.69) is 17.4 Å². The van der Waals surface area contributed by atoms with Crippen LogP contribution < -0.4 is 5.32 Å². The Balaban J connectivity index is 1.52. The first kappa shape index (κ1) is 11.3. The fourth-order valence-electron chi connectivity index (χ4n) is 2.47. The maximum Gasteiger partial charge on any atom is 0.307 e. The molecular formula is C14H15NO3. The first-order chi connectivity index (χ1) is 8.66. The van der Waals surface area contributed by atoms with E-state index in [4.69, 9.17) is 5.11 Å². The largest absolute Gasteiger partial charge is 0.481 e. The standard InChI is InChI=1S/C14H15NO3/c16-13(10-6-11(10)14(17)18)15-12-7-9(12)8-4-2-1-3-5-8/h1-5,9-12H,6-7H2,(H,15,16)(H,17,18). The van der Waals surface area contributed by atoms with Gasteiger partial charge >= 0.3 is 5.97 Å². The summed E-state index contributed by atoms with van der Waals surface area (Å²) < 4.78 is 0. The lowest BCUT2D eigenvalue weighted by molar-refractivity contribution is -0.140. The van der Waals surface area contributed by atoms with Gasteiger partial charge in [-0.25, -0.2) is 0 Å². The topological polar surface area (TPSA) is 66.4 Å². The summed E-state index contributed by atoms with van der Waals surface area (Å²) in [7, 11) is 0. The molecule has 94 valence electrons. The summed E-state index contributed by atoms with van der Waals surface area (Å²) in [5.41, 5.74) is 1.24. The van der Waals surface area contributed by atoms with Gasteiger partial charge in [0.15, 0.2) is 0 Å². The summed E-state index contributed by atoms with van der Waals surface area (Å²) in [5, 5.41) is 11.7. The third-order valence-corrected chi connectivity index (χ3v) is 3.79. The molecule has 4 heteroatoms. The number of carboxylic acid groups (broad SMARTS) is 1. The number of rotatable bonds is 4. The molecule has 0 heterocycles. The number of carbonyl (C=O) groups excluding carboxylic acids is 1. The maximum absolute atomic E-state index is 11.8. The van der Waals surface area contributed by atoms with E-state index < -0.39 is 11.9 Å². The van der Waals surface area contributed by atoms with Gasteiger partial charge in [0.25, 0.3) is 0 Å². The summed E-state index contributed by atoms with van der Waals surface area (Å²) in [6, 6.07) is 10.3. The second kappa shape index (κ2) is 4.12. The molecular weight excluding hydrogens is 230 g/mol. The fraction of sp³-hybridized carbons (Fsp3) is 0.429. The van der Waals surface area contributed by atoms with E-state index in [1.54, 1.807) is 0 Å². The highest BCUT2D eigenvalue weighted by molar-refractivity contribution is 5.89. The molecule has 2 aliphatic carbocycles. The number of benzene rings is 1. The van der Waals surface area contributed by atoms with Gasteiger partial charge < -0.3 is 10.4 Å². The Morgan fingerprint density at radius 3 is 2.44 bits per heavy atom. The zero-order chi connectivity index (χ0) is 12.7. The molecule has 0 saturated heterocycles. The second-order valence-corrected chi connectivity index (χ2v) is 5.15. The monoisotopic (exact) mass is 245 g/mol. The van der Waals surface area contributed by atoms with Gasteiger partial charge in [-0.05, 0) is 18.4 Å². The lowest BCUT2D eigenvalue weighted by Crippen LogP contribution is -2.29. The van der Waals surface area contributed by atoms with Crippen LogP contribution in [0.2, 0.25) is 0 Å². The second-order valence-electron chi connectivity index (χ2n) is 5.15. The normalized spacial score (nSPS) is 32.7. The molecule has 0 aromatic heterocycles. The van der Waals surface area contributed by atoms with Gasteiger partial charge in [0, 0.05) is 12.0 Å². The lowest BCUT2D eigenvalue weighted by atomic mass is 10.1. The van der Waals surface area contributed by atoms with E-state index >= 15 is 0 Å². The average Bonchev–Trinajstić information content (AvgIpc) is 3.24. The van der Waals surface area contributed by atoms with E-state index in [0.29, 0.717) is 12.3 Å².